The zero-order valence-electron chi connectivity index (χ0n) is 4.57. The maximum Gasteiger partial charge on any atom is 0.192 e. The van der Waals surface area contributed by atoms with Gasteiger partial charge in [0.15, 0.2) is 3.79 Å². The van der Waals surface area contributed by atoms with Crippen LogP contribution < -0.4 is 0 Å². The molecule has 0 saturated carbocycles. The third kappa shape index (κ3) is 6.40. The molecular formula is C5H9IO. The summed E-state index contributed by atoms with van der Waals surface area (Å²) in [6.07, 6.45) is 0.709. The summed E-state index contributed by atoms with van der Waals surface area (Å²) in [6.45, 7) is 4.08. The van der Waals surface area contributed by atoms with Crippen LogP contribution in [0, 0.1) is 5.92 Å². The summed E-state index contributed by atoms with van der Waals surface area (Å²) in [5.74, 6) is 0.518. The monoisotopic (exact) mass is 212 g/mol. The van der Waals surface area contributed by atoms with E-state index in [1.165, 1.54) is 0 Å². The van der Waals surface area contributed by atoms with Crippen LogP contribution in [0.15, 0.2) is 0 Å². The van der Waals surface area contributed by atoms with Crippen molar-refractivity contribution in [3.8, 4) is 0 Å². The quantitative estimate of drug-likeness (QED) is 0.505. The summed E-state index contributed by atoms with van der Waals surface area (Å²) in [4.78, 5) is 10.2. The number of carbonyl (C=O) groups is 1. The summed E-state index contributed by atoms with van der Waals surface area (Å²) in [5.41, 5.74) is 0. The standard InChI is InChI=1S/C5H9IO/c1-4(2)3-5(6)7/h4H,3H2,1-2H3. The number of hydrogen-bond donors (Lipinski definition) is 0. The lowest BCUT2D eigenvalue weighted by Gasteiger charge is -1.94. The molecule has 0 aliphatic heterocycles. The van der Waals surface area contributed by atoms with Crippen LogP contribution in [0.5, 0.6) is 0 Å². The normalized spacial score (nSPS) is 9.71. The van der Waals surface area contributed by atoms with E-state index in [9.17, 15) is 4.79 Å². The lowest BCUT2D eigenvalue weighted by molar-refractivity contribution is -0.110. The Labute approximate surface area is 57.6 Å². The summed E-state index contributed by atoms with van der Waals surface area (Å²) >= 11 is 1.82. The van der Waals surface area contributed by atoms with Gasteiger partial charge in [-0.1, -0.05) is 13.8 Å². The van der Waals surface area contributed by atoms with Crippen molar-refractivity contribution in [3.63, 3.8) is 0 Å². The molecule has 1 nitrogen and oxygen atoms in total. The van der Waals surface area contributed by atoms with Crippen LogP contribution in [0.3, 0.4) is 0 Å². The van der Waals surface area contributed by atoms with E-state index in [4.69, 9.17) is 0 Å². The van der Waals surface area contributed by atoms with Crippen molar-refractivity contribution in [2.75, 3.05) is 0 Å². The summed E-state index contributed by atoms with van der Waals surface area (Å²) < 4.78 is 0.257. The molecule has 0 amide bonds. The predicted octanol–water partition coefficient (Wildman–Crippen LogP) is 1.99. The molecule has 42 valence electrons. The van der Waals surface area contributed by atoms with Gasteiger partial charge in [0.1, 0.15) is 0 Å². The molecule has 0 unspecified atom stereocenters. The van der Waals surface area contributed by atoms with E-state index in [1.807, 2.05) is 36.4 Å². The zero-order valence-corrected chi connectivity index (χ0v) is 6.73. The fraction of sp³-hybridized carbons (Fsp3) is 0.800. The van der Waals surface area contributed by atoms with Gasteiger partial charge in [-0.15, -0.1) is 0 Å². The van der Waals surface area contributed by atoms with Crippen molar-refractivity contribution in [1.29, 1.82) is 0 Å². The molecule has 0 aromatic heterocycles. The topological polar surface area (TPSA) is 17.1 Å². The molecule has 0 aromatic carbocycles. The third-order valence-electron chi connectivity index (χ3n) is 0.569. The maximum atomic E-state index is 10.2. The van der Waals surface area contributed by atoms with Crippen LogP contribution in [0.1, 0.15) is 20.3 Å². The minimum absolute atomic E-state index is 0.257. The van der Waals surface area contributed by atoms with Crippen LogP contribution in [0.4, 0.5) is 0 Å². The number of halogens is 1. The van der Waals surface area contributed by atoms with Crippen LogP contribution in [0.2, 0.25) is 0 Å². The Bertz CT molecular complexity index is 68.5. The highest BCUT2D eigenvalue weighted by Crippen LogP contribution is 2.03. The van der Waals surface area contributed by atoms with Crippen molar-refractivity contribution in [3.05, 3.63) is 0 Å². The molecule has 7 heavy (non-hydrogen) atoms. The fourth-order valence-electron chi connectivity index (χ4n) is 0.321. The Balaban J connectivity index is 3.13. The van der Waals surface area contributed by atoms with Crippen LogP contribution >= 0.6 is 22.6 Å². The smallest absolute Gasteiger partial charge is 0.192 e. The van der Waals surface area contributed by atoms with Gasteiger partial charge in [-0.05, 0) is 28.5 Å². The van der Waals surface area contributed by atoms with Gasteiger partial charge in [0.2, 0.25) is 0 Å². The van der Waals surface area contributed by atoms with E-state index >= 15 is 0 Å². The number of hydrogen-bond acceptors (Lipinski definition) is 1. The van der Waals surface area contributed by atoms with Crippen LogP contribution in [-0.4, -0.2) is 3.79 Å². The number of rotatable bonds is 2. The molecule has 0 radical (unpaired) electrons. The van der Waals surface area contributed by atoms with Crippen LogP contribution in [0.25, 0.3) is 0 Å². The van der Waals surface area contributed by atoms with E-state index in [2.05, 4.69) is 0 Å². The summed E-state index contributed by atoms with van der Waals surface area (Å²) in [7, 11) is 0. The van der Waals surface area contributed by atoms with E-state index in [-0.39, 0.29) is 3.79 Å². The molecule has 0 fully saturated rings. The molecule has 0 aliphatic carbocycles. The Morgan fingerprint density at radius 1 is 1.71 bits per heavy atom. The molecule has 0 rings (SSSR count). The molecule has 0 spiro atoms. The minimum Gasteiger partial charge on any atom is -0.288 e. The highest BCUT2D eigenvalue weighted by atomic mass is 127. The van der Waals surface area contributed by atoms with Crippen molar-refractivity contribution in [2.45, 2.75) is 20.3 Å². The lowest BCUT2D eigenvalue weighted by atomic mass is 10.2. The Kier molecular flexibility index (Phi) is 3.60. The first-order valence-electron chi connectivity index (χ1n) is 2.31. The molecule has 0 bridgehead atoms. The average Bonchev–Trinajstić information content (AvgIpc) is 1.27. The van der Waals surface area contributed by atoms with Crippen molar-refractivity contribution in [1.82, 2.24) is 0 Å². The molecule has 2 heteroatoms. The molecule has 0 saturated heterocycles. The SMILES string of the molecule is CC(C)CC(=O)I. The van der Waals surface area contributed by atoms with Gasteiger partial charge >= 0.3 is 0 Å². The van der Waals surface area contributed by atoms with Gasteiger partial charge in [-0.3, -0.25) is 4.79 Å². The third-order valence-corrected chi connectivity index (χ3v) is 1.01. The molecule has 0 heterocycles. The van der Waals surface area contributed by atoms with Crippen molar-refractivity contribution >= 4 is 26.4 Å². The molecule has 0 atom stereocenters. The Morgan fingerprint density at radius 3 is 2.14 bits per heavy atom. The van der Waals surface area contributed by atoms with Crippen molar-refractivity contribution < 1.29 is 4.79 Å². The fourth-order valence-corrected chi connectivity index (χ4v) is 1.20. The molecule has 0 N–H and O–H groups in total. The van der Waals surface area contributed by atoms with Gasteiger partial charge in [0.25, 0.3) is 0 Å². The maximum absolute atomic E-state index is 10.2. The largest absolute Gasteiger partial charge is 0.288 e. The van der Waals surface area contributed by atoms with Gasteiger partial charge in [-0.25, -0.2) is 0 Å². The summed E-state index contributed by atoms with van der Waals surface area (Å²) in [6, 6.07) is 0. The first kappa shape index (κ1) is 7.40. The van der Waals surface area contributed by atoms with Crippen LogP contribution in [-0.2, 0) is 4.79 Å². The second-order valence-electron chi connectivity index (χ2n) is 1.95. The first-order chi connectivity index (χ1) is 3.13. The second kappa shape index (κ2) is 3.41. The first-order valence-corrected chi connectivity index (χ1v) is 3.39. The van der Waals surface area contributed by atoms with Gasteiger partial charge < -0.3 is 0 Å². The highest BCUT2D eigenvalue weighted by molar-refractivity contribution is 14.1. The van der Waals surface area contributed by atoms with E-state index in [0.29, 0.717) is 12.3 Å². The van der Waals surface area contributed by atoms with Gasteiger partial charge in [0.05, 0.1) is 0 Å². The second-order valence-corrected chi connectivity index (χ2v) is 3.16. The molecule has 0 aromatic rings. The average molecular weight is 212 g/mol. The van der Waals surface area contributed by atoms with Crippen molar-refractivity contribution in [2.24, 2.45) is 5.92 Å². The zero-order chi connectivity index (χ0) is 5.86. The molecular weight excluding hydrogens is 203 g/mol. The Hall–Kier alpha value is 0.400. The summed E-state index contributed by atoms with van der Waals surface area (Å²) in [5, 5.41) is 0. The highest BCUT2D eigenvalue weighted by Gasteiger charge is 1.97. The van der Waals surface area contributed by atoms with Gasteiger partial charge in [0, 0.05) is 6.42 Å². The number of carbonyl (C=O) groups excluding carboxylic acids is 1. The van der Waals surface area contributed by atoms with E-state index in [0.717, 1.165) is 0 Å². The van der Waals surface area contributed by atoms with E-state index < -0.39 is 0 Å². The predicted molar refractivity (Wildman–Crippen MR) is 38.5 cm³/mol. The van der Waals surface area contributed by atoms with E-state index in [1.54, 1.807) is 0 Å². The lowest BCUT2D eigenvalue weighted by Crippen LogP contribution is -1.92. The van der Waals surface area contributed by atoms with Gasteiger partial charge in [-0.2, -0.15) is 0 Å². The minimum atomic E-state index is 0.257. The Morgan fingerprint density at radius 2 is 2.14 bits per heavy atom. The molecule has 0 aliphatic rings.